The van der Waals surface area contributed by atoms with Crippen LogP contribution in [-0.4, -0.2) is 96.8 Å². The van der Waals surface area contributed by atoms with Crippen LogP contribution in [0.25, 0.3) is 0 Å². The Morgan fingerprint density at radius 2 is 1.74 bits per heavy atom. The largest absolute Gasteiger partial charge is 0.463 e. The number of rotatable bonds is 14. The number of nitrogens with two attached hydrogens (primary N) is 1. The minimum absolute atomic E-state index is 0.00829. The van der Waals surface area contributed by atoms with E-state index in [-0.39, 0.29) is 48.7 Å². The van der Waals surface area contributed by atoms with Crippen molar-refractivity contribution in [2.45, 2.75) is 50.7 Å². The Morgan fingerprint density at radius 1 is 1.04 bits per heavy atom. The number of hydrogen-bond acceptors (Lipinski definition) is 9. The number of benzene rings is 2. The molecule has 14 heteroatoms. The van der Waals surface area contributed by atoms with Crippen molar-refractivity contribution in [1.82, 2.24) is 15.1 Å². The van der Waals surface area contributed by atoms with Gasteiger partial charge in [-0.1, -0.05) is 26.0 Å². The molecule has 0 aromatic heterocycles. The molecule has 2 amide bonds. The zero-order chi connectivity index (χ0) is 33.2. The smallest absolute Gasteiger partial charge is 0.328 e. The number of amides is 2. The fourth-order valence-corrected chi connectivity index (χ4v) is 6.38. The van der Waals surface area contributed by atoms with Gasteiger partial charge >= 0.3 is 5.97 Å². The predicted molar refractivity (Wildman–Crippen MR) is 169 cm³/mol. The van der Waals surface area contributed by atoms with E-state index >= 15 is 0 Å². The molecule has 0 spiro atoms. The van der Waals surface area contributed by atoms with Gasteiger partial charge in [0.15, 0.2) is 17.0 Å². The van der Waals surface area contributed by atoms with E-state index in [4.69, 9.17) is 15.2 Å². The quantitative estimate of drug-likeness (QED) is 0.206. The first-order chi connectivity index (χ1) is 22.0. The predicted octanol–water partition coefficient (Wildman–Crippen LogP) is 2.89. The summed E-state index contributed by atoms with van der Waals surface area (Å²) in [4.78, 5) is 42.4. The van der Waals surface area contributed by atoms with Crippen LogP contribution in [0.5, 0.6) is 0 Å². The molecule has 252 valence electrons. The lowest BCUT2D eigenvalue weighted by Gasteiger charge is -2.27. The summed E-state index contributed by atoms with van der Waals surface area (Å²) in [5, 5.41) is 5.37. The Kier molecular flexibility index (Phi) is 13.1. The minimum atomic E-state index is -1.30. The molecule has 3 unspecified atom stereocenters. The second-order valence-electron chi connectivity index (χ2n) is 11.7. The highest BCUT2D eigenvalue weighted by Gasteiger charge is 2.35. The summed E-state index contributed by atoms with van der Waals surface area (Å²) < 4.78 is 51.7. The lowest BCUT2D eigenvalue weighted by Crippen LogP contribution is -2.46. The third-order valence-electron chi connectivity index (χ3n) is 7.86. The van der Waals surface area contributed by atoms with Crippen LogP contribution >= 0.6 is 11.8 Å². The molecule has 3 atom stereocenters. The van der Waals surface area contributed by atoms with E-state index in [9.17, 15) is 27.6 Å². The summed E-state index contributed by atoms with van der Waals surface area (Å²) >= 11 is 1.33. The van der Waals surface area contributed by atoms with Gasteiger partial charge in [0.05, 0.1) is 13.2 Å². The Labute approximate surface area is 271 Å². The van der Waals surface area contributed by atoms with Gasteiger partial charge in [0.2, 0.25) is 5.91 Å². The standard InChI is InChI=1S/C32H42F3N5O5S/c1-20(2)29(32(43)45-13-9-39-7-11-44-12-8-39)38-24-5-3-21(4-6-24)19-37-30(42)31-40(10-14-46-31)28(41)17-23(36)15-22-16-26(34)27(35)18-25(22)33/h3-6,16,18,20,23,29,31,38H,7-15,17,19,36H2,1-2H3,(H,37,42). The van der Waals surface area contributed by atoms with Crippen molar-refractivity contribution in [1.29, 1.82) is 0 Å². The Hall–Kier alpha value is -3.33. The number of ether oxygens (including phenoxy) is 2. The lowest BCUT2D eigenvalue weighted by atomic mass is 10.0. The highest BCUT2D eigenvalue weighted by Crippen LogP contribution is 2.26. The molecule has 2 aliphatic heterocycles. The molecule has 2 saturated heterocycles. The second-order valence-corrected chi connectivity index (χ2v) is 12.9. The number of esters is 1. The number of morpholine rings is 1. The number of carbonyl (C=O) groups is 3. The second kappa shape index (κ2) is 17.0. The van der Waals surface area contributed by atoms with Crippen molar-refractivity contribution in [3.05, 3.63) is 65.0 Å². The van der Waals surface area contributed by atoms with Crippen LogP contribution in [0.15, 0.2) is 36.4 Å². The maximum atomic E-state index is 14.0. The minimum Gasteiger partial charge on any atom is -0.463 e. The fraction of sp³-hybridized carbons (Fsp3) is 0.531. The first-order valence-corrected chi connectivity index (χ1v) is 16.5. The number of nitrogens with one attached hydrogen (secondary N) is 2. The third kappa shape index (κ3) is 10.1. The SMILES string of the molecule is CC(C)C(Nc1ccc(CNC(=O)C2SCCN2C(=O)CC(N)Cc2cc(F)c(F)cc2F)cc1)C(=O)OCCN1CCOCC1. The van der Waals surface area contributed by atoms with Gasteiger partial charge in [-0.2, -0.15) is 0 Å². The molecular formula is C32H42F3N5O5S. The van der Waals surface area contributed by atoms with Crippen LogP contribution in [0.1, 0.15) is 31.4 Å². The van der Waals surface area contributed by atoms with E-state index in [0.717, 1.165) is 30.4 Å². The molecule has 2 heterocycles. The van der Waals surface area contributed by atoms with Gasteiger partial charge in [0.1, 0.15) is 18.5 Å². The molecule has 46 heavy (non-hydrogen) atoms. The molecule has 2 aliphatic rings. The van der Waals surface area contributed by atoms with Crippen molar-refractivity contribution < 1.29 is 37.0 Å². The summed E-state index contributed by atoms with van der Waals surface area (Å²) in [5.41, 5.74) is 7.48. The summed E-state index contributed by atoms with van der Waals surface area (Å²) in [7, 11) is 0. The van der Waals surface area contributed by atoms with Crippen molar-refractivity contribution >= 4 is 35.2 Å². The molecule has 4 N–H and O–H groups in total. The van der Waals surface area contributed by atoms with Gasteiger partial charge in [-0.25, -0.2) is 18.0 Å². The number of carbonyl (C=O) groups excluding carboxylic acids is 3. The number of thioether (sulfide) groups is 1. The van der Waals surface area contributed by atoms with Crippen LogP contribution in [0, 0.1) is 23.4 Å². The number of halogens is 3. The van der Waals surface area contributed by atoms with Crippen LogP contribution in [0.4, 0.5) is 18.9 Å². The summed E-state index contributed by atoms with van der Waals surface area (Å²) in [5.74, 6) is -3.90. The van der Waals surface area contributed by atoms with Gasteiger partial charge in [-0.15, -0.1) is 11.8 Å². The number of nitrogens with zero attached hydrogens (tertiary/aromatic N) is 2. The van der Waals surface area contributed by atoms with Crippen molar-refractivity contribution in [3.8, 4) is 0 Å². The van der Waals surface area contributed by atoms with E-state index in [1.54, 1.807) is 0 Å². The zero-order valence-corrected chi connectivity index (χ0v) is 26.9. The van der Waals surface area contributed by atoms with E-state index in [1.165, 1.54) is 16.7 Å². The van der Waals surface area contributed by atoms with Gasteiger partial charge in [-0.3, -0.25) is 14.5 Å². The highest BCUT2D eigenvalue weighted by atomic mass is 32.2. The number of anilines is 1. The average Bonchev–Trinajstić information content (AvgIpc) is 3.53. The van der Waals surface area contributed by atoms with E-state index in [0.29, 0.717) is 44.7 Å². The van der Waals surface area contributed by atoms with E-state index < -0.39 is 34.9 Å². The zero-order valence-electron chi connectivity index (χ0n) is 26.1. The van der Waals surface area contributed by atoms with Crippen LogP contribution in [0.3, 0.4) is 0 Å². The summed E-state index contributed by atoms with van der Waals surface area (Å²) in [6.07, 6.45) is -0.346. The van der Waals surface area contributed by atoms with Crippen LogP contribution < -0.4 is 16.4 Å². The molecule has 2 aromatic rings. The average molecular weight is 666 g/mol. The highest BCUT2D eigenvalue weighted by molar-refractivity contribution is 8.00. The first kappa shape index (κ1) is 35.5. The van der Waals surface area contributed by atoms with Crippen LogP contribution in [0.2, 0.25) is 0 Å². The fourth-order valence-electron chi connectivity index (χ4n) is 5.22. The summed E-state index contributed by atoms with van der Waals surface area (Å²) in [6, 6.07) is 7.16. The molecular weight excluding hydrogens is 623 g/mol. The van der Waals surface area contributed by atoms with E-state index in [2.05, 4.69) is 15.5 Å². The molecule has 10 nitrogen and oxygen atoms in total. The van der Waals surface area contributed by atoms with Crippen molar-refractivity contribution in [3.63, 3.8) is 0 Å². The topological polar surface area (TPSA) is 126 Å². The number of hydrogen-bond donors (Lipinski definition) is 3. The van der Waals surface area contributed by atoms with Crippen LogP contribution in [-0.2, 0) is 36.8 Å². The van der Waals surface area contributed by atoms with Crippen molar-refractivity contribution in [2.24, 2.45) is 11.7 Å². The molecule has 0 radical (unpaired) electrons. The first-order valence-electron chi connectivity index (χ1n) is 15.4. The van der Waals surface area contributed by atoms with Gasteiger partial charge in [-0.05, 0) is 41.7 Å². The molecule has 0 aliphatic carbocycles. The molecule has 0 bridgehead atoms. The summed E-state index contributed by atoms with van der Waals surface area (Å²) in [6.45, 7) is 8.47. The Morgan fingerprint density at radius 3 is 2.43 bits per heavy atom. The van der Waals surface area contributed by atoms with Gasteiger partial charge in [0, 0.05) is 62.7 Å². The normalized spacial score (nSPS) is 18.3. The molecule has 2 aromatic carbocycles. The Bertz CT molecular complexity index is 1350. The van der Waals surface area contributed by atoms with E-state index in [1.807, 2.05) is 38.1 Å². The third-order valence-corrected chi connectivity index (χ3v) is 9.07. The van der Waals surface area contributed by atoms with Gasteiger partial charge < -0.3 is 30.7 Å². The molecule has 4 rings (SSSR count). The molecule has 0 saturated carbocycles. The lowest BCUT2D eigenvalue weighted by molar-refractivity contribution is -0.146. The molecule has 2 fully saturated rings. The maximum Gasteiger partial charge on any atom is 0.328 e. The monoisotopic (exact) mass is 665 g/mol. The van der Waals surface area contributed by atoms with Gasteiger partial charge in [0.25, 0.3) is 5.91 Å². The Balaban J connectivity index is 1.23. The van der Waals surface area contributed by atoms with Crippen molar-refractivity contribution in [2.75, 3.05) is 57.1 Å². The maximum absolute atomic E-state index is 14.0.